The Morgan fingerprint density at radius 3 is 2.00 bits per heavy atom. The first kappa shape index (κ1) is 25.3. The second kappa shape index (κ2) is 10.4. The fourth-order valence-corrected chi connectivity index (χ4v) is 3.32. The van der Waals surface area contributed by atoms with Crippen LogP contribution in [0.25, 0.3) is 0 Å². The number of alkyl halides is 6. The van der Waals surface area contributed by atoms with E-state index in [0.717, 1.165) is 25.0 Å². The number of rotatable bonds is 8. The molecular formula is C16H25Cl6NO3. The molecule has 1 fully saturated rings. The van der Waals surface area contributed by atoms with E-state index >= 15 is 0 Å². The van der Waals surface area contributed by atoms with Crippen molar-refractivity contribution >= 4 is 75.3 Å². The van der Waals surface area contributed by atoms with E-state index in [0.29, 0.717) is 12.3 Å². The fourth-order valence-electron chi connectivity index (χ4n) is 2.94. The zero-order valence-electron chi connectivity index (χ0n) is 15.0. The molecular weight excluding hydrogens is 467 g/mol. The Balaban J connectivity index is 2.71. The maximum Gasteiger partial charge on any atom is 0.213 e. The Labute approximate surface area is 185 Å². The summed E-state index contributed by atoms with van der Waals surface area (Å²) in [5.74, 6) is 0.662. The highest BCUT2D eigenvalue weighted by atomic mass is 35.6. The molecule has 0 saturated heterocycles. The minimum Gasteiger partial charge on any atom is -0.370 e. The Morgan fingerprint density at radius 2 is 1.58 bits per heavy atom. The van der Waals surface area contributed by atoms with Crippen LogP contribution in [0.1, 0.15) is 46.5 Å². The zero-order chi connectivity index (χ0) is 20.2. The molecule has 0 bridgehead atoms. The summed E-state index contributed by atoms with van der Waals surface area (Å²) >= 11 is 34.4. The second-order valence-corrected chi connectivity index (χ2v) is 12.1. The molecule has 0 radical (unpaired) electrons. The summed E-state index contributed by atoms with van der Waals surface area (Å²) in [6.07, 6.45) is 2.46. The molecule has 0 aromatic rings. The summed E-state index contributed by atoms with van der Waals surface area (Å²) in [4.78, 5) is 4.45. The lowest BCUT2D eigenvalue weighted by Crippen LogP contribution is -2.29. The molecule has 154 valence electrons. The maximum absolute atomic E-state index is 9.98. The number of nitrogens with zero attached hydrogens (tertiary/aromatic N) is 1. The summed E-state index contributed by atoms with van der Waals surface area (Å²) in [5, 5.41) is 9.98. The molecule has 2 atom stereocenters. The summed E-state index contributed by atoms with van der Waals surface area (Å²) in [6.45, 7) is 5.20. The molecule has 0 aromatic heterocycles. The number of hydrogen-bond donors (Lipinski definition) is 1. The molecule has 10 heteroatoms. The molecule has 1 aliphatic carbocycles. The lowest BCUT2D eigenvalue weighted by Gasteiger charge is -2.25. The zero-order valence-corrected chi connectivity index (χ0v) is 19.5. The number of hydrogen-bond acceptors (Lipinski definition) is 4. The summed E-state index contributed by atoms with van der Waals surface area (Å²) in [6, 6.07) is 0. The highest BCUT2D eigenvalue weighted by Gasteiger charge is 2.33. The van der Waals surface area contributed by atoms with Crippen LogP contribution in [0.3, 0.4) is 0 Å². The maximum atomic E-state index is 9.98. The summed E-state index contributed by atoms with van der Waals surface area (Å²) in [7, 11) is 0. The van der Waals surface area contributed by atoms with Crippen molar-refractivity contribution in [3.63, 3.8) is 0 Å². The van der Waals surface area contributed by atoms with Crippen molar-refractivity contribution < 1.29 is 14.6 Å². The molecule has 1 saturated carbocycles. The number of aliphatic imine (C=N–C) groups is 1. The normalized spacial score (nSPS) is 24.0. The Morgan fingerprint density at radius 1 is 1.08 bits per heavy atom. The van der Waals surface area contributed by atoms with Gasteiger partial charge < -0.3 is 14.6 Å². The molecule has 2 unspecified atom stereocenters. The quantitative estimate of drug-likeness (QED) is 0.330. The monoisotopic (exact) mass is 489 g/mol. The predicted molar refractivity (Wildman–Crippen MR) is 111 cm³/mol. The van der Waals surface area contributed by atoms with Crippen LogP contribution in [-0.2, 0) is 9.47 Å². The van der Waals surface area contributed by atoms with E-state index < -0.39 is 19.6 Å². The predicted octanol–water partition coefficient (Wildman–Crippen LogP) is 6.08. The van der Waals surface area contributed by atoms with E-state index in [9.17, 15) is 5.11 Å². The van der Waals surface area contributed by atoms with Crippen LogP contribution in [0.2, 0.25) is 0 Å². The third kappa shape index (κ3) is 11.3. The van der Waals surface area contributed by atoms with E-state index in [2.05, 4.69) is 11.9 Å². The van der Waals surface area contributed by atoms with Gasteiger partial charge in [0.15, 0.2) is 6.29 Å². The van der Waals surface area contributed by atoms with E-state index in [-0.39, 0.29) is 19.1 Å². The van der Waals surface area contributed by atoms with E-state index in [4.69, 9.17) is 79.1 Å². The van der Waals surface area contributed by atoms with Crippen LogP contribution in [0.5, 0.6) is 0 Å². The highest BCUT2D eigenvalue weighted by Crippen LogP contribution is 2.35. The average Bonchev–Trinajstić information content (AvgIpc) is 2.74. The van der Waals surface area contributed by atoms with Crippen molar-refractivity contribution in [3.05, 3.63) is 0 Å². The Bertz CT molecular complexity index is 452. The van der Waals surface area contributed by atoms with Gasteiger partial charge in [-0.25, -0.2) is 0 Å². The molecule has 1 N–H and O–H groups in total. The van der Waals surface area contributed by atoms with Crippen molar-refractivity contribution in [2.24, 2.45) is 16.8 Å². The highest BCUT2D eigenvalue weighted by molar-refractivity contribution is 6.68. The van der Waals surface area contributed by atoms with Gasteiger partial charge in [0.1, 0.15) is 5.72 Å². The van der Waals surface area contributed by atoms with Crippen molar-refractivity contribution in [3.8, 4) is 0 Å². The molecule has 1 aliphatic rings. The van der Waals surface area contributed by atoms with E-state index in [1.807, 2.05) is 0 Å². The molecule has 1 rings (SSSR count). The van der Waals surface area contributed by atoms with Crippen molar-refractivity contribution in [1.29, 1.82) is 0 Å². The van der Waals surface area contributed by atoms with Crippen LogP contribution in [-0.4, -0.2) is 43.6 Å². The van der Waals surface area contributed by atoms with Crippen LogP contribution in [0.4, 0.5) is 0 Å². The molecule has 26 heavy (non-hydrogen) atoms. The minimum absolute atomic E-state index is 0.146. The standard InChI is InChI=1S/C16H25Cl6NO3/c1-10-4-6-12(23-14(2,3)24)11(10)5-7-13(25-8-15(17,18)19)26-9-16(20,21)22/h10-11,13,24H,4-9H2,1-3H3/b23-12+. The third-order valence-corrected chi connectivity index (χ3v) is 4.62. The fraction of sp³-hybridized carbons (Fsp3) is 0.938. The van der Waals surface area contributed by atoms with Gasteiger partial charge in [-0.15, -0.1) is 0 Å². The van der Waals surface area contributed by atoms with Crippen molar-refractivity contribution in [1.82, 2.24) is 0 Å². The van der Waals surface area contributed by atoms with Gasteiger partial charge in [-0.05, 0) is 51.4 Å². The molecule has 0 amide bonds. The first-order valence-electron chi connectivity index (χ1n) is 8.34. The lowest BCUT2D eigenvalue weighted by molar-refractivity contribution is -0.145. The molecule has 0 heterocycles. The van der Waals surface area contributed by atoms with E-state index in [1.165, 1.54) is 0 Å². The second-order valence-electron chi connectivity index (χ2n) is 7.08. The van der Waals surface area contributed by atoms with Crippen molar-refractivity contribution in [2.75, 3.05) is 13.2 Å². The molecule has 0 aliphatic heterocycles. The summed E-state index contributed by atoms with van der Waals surface area (Å²) < 4.78 is 7.98. The summed E-state index contributed by atoms with van der Waals surface area (Å²) in [5.41, 5.74) is -0.0823. The number of halogens is 6. The Kier molecular flexibility index (Phi) is 10.1. The smallest absolute Gasteiger partial charge is 0.213 e. The van der Waals surface area contributed by atoms with Gasteiger partial charge in [0.25, 0.3) is 0 Å². The SMILES string of the molecule is CC1CC/C(=N\C(C)(C)O)C1CCC(OCC(Cl)(Cl)Cl)OCC(Cl)(Cl)Cl. The molecule has 4 nitrogen and oxygen atoms in total. The van der Waals surface area contributed by atoms with Crippen LogP contribution in [0, 0.1) is 11.8 Å². The van der Waals surface area contributed by atoms with Crippen molar-refractivity contribution in [2.45, 2.75) is 66.1 Å². The minimum atomic E-state index is -1.56. The topological polar surface area (TPSA) is 51.1 Å². The Hall–Kier alpha value is 1.29. The van der Waals surface area contributed by atoms with Gasteiger partial charge in [0, 0.05) is 5.71 Å². The largest absolute Gasteiger partial charge is 0.370 e. The third-order valence-electron chi connectivity index (χ3n) is 3.97. The van der Waals surface area contributed by atoms with Crippen LogP contribution >= 0.6 is 69.6 Å². The van der Waals surface area contributed by atoms with Gasteiger partial charge in [-0.3, -0.25) is 4.99 Å². The van der Waals surface area contributed by atoms with Crippen LogP contribution in [0.15, 0.2) is 4.99 Å². The lowest BCUT2D eigenvalue weighted by atomic mass is 9.91. The van der Waals surface area contributed by atoms with Gasteiger partial charge in [0.2, 0.25) is 7.59 Å². The van der Waals surface area contributed by atoms with Gasteiger partial charge >= 0.3 is 0 Å². The number of ether oxygens (including phenoxy) is 2. The first-order valence-corrected chi connectivity index (χ1v) is 10.6. The van der Waals surface area contributed by atoms with Gasteiger partial charge in [0.05, 0.1) is 13.2 Å². The van der Waals surface area contributed by atoms with Crippen LogP contribution < -0.4 is 0 Å². The number of aliphatic hydroxyl groups is 1. The van der Waals surface area contributed by atoms with Gasteiger partial charge in [-0.1, -0.05) is 76.5 Å². The average molecular weight is 492 g/mol. The molecule has 0 spiro atoms. The molecule has 0 aromatic carbocycles. The van der Waals surface area contributed by atoms with Gasteiger partial charge in [-0.2, -0.15) is 0 Å². The first-order chi connectivity index (χ1) is 11.7. The van der Waals surface area contributed by atoms with E-state index in [1.54, 1.807) is 13.8 Å².